The molecule has 3 rings (SSSR count). The average Bonchev–Trinajstić information content (AvgIpc) is 2.65. The van der Waals surface area contributed by atoms with Crippen molar-refractivity contribution >= 4 is 44.6 Å². The zero-order valence-corrected chi connectivity index (χ0v) is 16.8. The van der Waals surface area contributed by atoms with Crippen LogP contribution in [0.15, 0.2) is 53.7 Å². The molecule has 2 aromatic carbocycles. The molecular formula is C18H17ClFN5O3S. The molecule has 0 atom stereocenters. The number of hydrogen-bond donors (Lipinski definition) is 3. The van der Waals surface area contributed by atoms with E-state index in [1.807, 2.05) is 0 Å². The lowest BCUT2D eigenvalue weighted by molar-refractivity contribution is 0.185. The molecule has 1 heterocycles. The lowest BCUT2D eigenvalue weighted by atomic mass is 10.2. The van der Waals surface area contributed by atoms with Crippen LogP contribution in [0, 0.1) is 5.82 Å². The van der Waals surface area contributed by atoms with Crippen LogP contribution in [0.4, 0.5) is 27.4 Å². The summed E-state index contributed by atoms with van der Waals surface area (Å²) in [6.07, 6.45) is 1.32. The van der Waals surface area contributed by atoms with Crippen molar-refractivity contribution < 1.29 is 17.5 Å². The maximum Gasteiger partial charge on any atom is 0.241 e. The third-order valence-electron chi connectivity index (χ3n) is 3.81. The van der Waals surface area contributed by atoms with Gasteiger partial charge in [0.25, 0.3) is 0 Å². The highest BCUT2D eigenvalue weighted by atomic mass is 35.5. The van der Waals surface area contributed by atoms with Crippen LogP contribution in [0.2, 0.25) is 5.02 Å². The monoisotopic (exact) mass is 437 g/mol. The predicted octanol–water partition coefficient (Wildman–Crippen LogP) is 3.55. The summed E-state index contributed by atoms with van der Waals surface area (Å²) in [5.74, 6) is -0.134. The molecule has 3 aromatic rings. The Labute approximate surface area is 171 Å². The number of anilines is 4. The zero-order valence-electron chi connectivity index (χ0n) is 15.2. The van der Waals surface area contributed by atoms with Gasteiger partial charge in [0.1, 0.15) is 28.7 Å². The predicted molar refractivity (Wildman–Crippen MR) is 109 cm³/mol. The molecule has 0 aliphatic carbocycles. The standard InChI is InChI=1S/C18H17ClFN5O3S/c1-28-9-11-6-14(20)16(29(21,26)27)7-15(11)25-18-8-17(22-10-23-18)24-13-4-2-12(19)3-5-13/h2-8,10H,9H2,1H3,(H2,21,26,27)(H2,22,23,24,25). The third-order valence-corrected chi connectivity index (χ3v) is 4.99. The molecule has 11 heteroatoms. The van der Waals surface area contributed by atoms with Gasteiger partial charge in [-0.3, -0.25) is 0 Å². The minimum Gasteiger partial charge on any atom is -0.380 e. The van der Waals surface area contributed by atoms with E-state index in [-0.39, 0.29) is 12.3 Å². The molecule has 0 saturated carbocycles. The van der Waals surface area contributed by atoms with E-state index in [1.54, 1.807) is 30.3 Å². The summed E-state index contributed by atoms with van der Waals surface area (Å²) in [6, 6.07) is 10.8. The number of methoxy groups -OCH3 is 1. The molecule has 1 aromatic heterocycles. The highest BCUT2D eigenvalue weighted by Crippen LogP contribution is 2.27. The van der Waals surface area contributed by atoms with Gasteiger partial charge in [0.15, 0.2) is 0 Å². The van der Waals surface area contributed by atoms with Gasteiger partial charge in [-0.05, 0) is 36.4 Å². The highest BCUT2D eigenvalue weighted by Gasteiger charge is 2.18. The Balaban J connectivity index is 1.91. The van der Waals surface area contributed by atoms with Crippen molar-refractivity contribution in [3.8, 4) is 0 Å². The fraction of sp³-hybridized carbons (Fsp3) is 0.111. The van der Waals surface area contributed by atoms with Crippen molar-refractivity contribution in [2.45, 2.75) is 11.5 Å². The van der Waals surface area contributed by atoms with Gasteiger partial charge in [0.2, 0.25) is 10.0 Å². The number of nitrogens with two attached hydrogens (primary N) is 1. The van der Waals surface area contributed by atoms with Gasteiger partial charge in [-0.2, -0.15) is 0 Å². The van der Waals surface area contributed by atoms with E-state index in [4.69, 9.17) is 21.5 Å². The van der Waals surface area contributed by atoms with Gasteiger partial charge >= 0.3 is 0 Å². The highest BCUT2D eigenvalue weighted by molar-refractivity contribution is 7.89. The largest absolute Gasteiger partial charge is 0.380 e. The maximum atomic E-state index is 14.1. The number of benzene rings is 2. The van der Waals surface area contributed by atoms with Crippen LogP contribution in [0.1, 0.15) is 5.56 Å². The number of aromatic nitrogens is 2. The van der Waals surface area contributed by atoms with Crippen LogP contribution in [0.5, 0.6) is 0 Å². The molecule has 0 fully saturated rings. The SMILES string of the molecule is COCc1cc(F)c(S(N)(=O)=O)cc1Nc1cc(Nc2ccc(Cl)cc2)ncn1. The summed E-state index contributed by atoms with van der Waals surface area (Å²) in [4.78, 5) is 7.61. The first-order chi connectivity index (χ1) is 13.8. The van der Waals surface area contributed by atoms with Crippen molar-refractivity contribution in [1.29, 1.82) is 0 Å². The van der Waals surface area contributed by atoms with E-state index in [9.17, 15) is 12.8 Å². The number of halogens is 2. The second-order valence-electron chi connectivity index (χ2n) is 5.96. The number of hydrogen-bond acceptors (Lipinski definition) is 7. The Kier molecular flexibility index (Phi) is 6.28. The lowest BCUT2D eigenvalue weighted by Crippen LogP contribution is -2.15. The molecule has 0 radical (unpaired) electrons. The van der Waals surface area contributed by atoms with Crippen LogP contribution in [0.3, 0.4) is 0 Å². The first-order valence-electron chi connectivity index (χ1n) is 8.22. The second-order valence-corrected chi connectivity index (χ2v) is 7.93. The number of ether oxygens (including phenoxy) is 1. The van der Waals surface area contributed by atoms with Crippen LogP contribution in [0.25, 0.3) is 0 Å². The number of sulfonamides is 1. The van der Waals surface area contributed by atoms with E-state index in [1.165, 1.54) is 13.4 Å². The topological polar surface area (TPSA) is 119 Å². The number of nitrogens with one attached hydrogen (secondary N) is 2. The van der Waals surface area contributed by atoms with Crippen molar-refractivity contribution in [3.05, 3.63) is 65.2 Å². The number of nitrogens with zero attached hydrogens (tertiary/aromatic N) is 2. The maximum absolute atomic E-state index is 14.1. The Hall–Kier alpha value is -2.79. The summed E-state index contributed by atoms with van der Waals surface area (Å²) in [5, 5.41) is 11.7. The first-order valence-corrected chi connectivity index (χ1v) is 10.1. The Bertz CT molecular complexity index is 1130. The molecule has 0 bridgehead atoms. The van der Waals surface area contributed by atoms with Crippen LogP contribution in [-0.2, 0) is 21.4 Å². The third kappa shape index (κ3) is 5.39. The fourth-order valence-corrected chi connectivity index (χ4v) is 3.26. The number of rotatable bonds is 7. The molecule has 8 nitrogen and oxygen atoms in total. The quantitative estimate of drug-likeness (QED) is 0.517. The molecule has 0 spiro atoms. The Morgan fingerprint density at radius 2 is 1.76 bits per heavy atom. The van der Waals surface area contributed by atoms with Gasteiger partial charge in [-0.1, -0.05) is 11.6 Å². The molecule has 0 aliphatic heterocycles. The summed E-state index contributed by atoms with van der Waals surface area (Å²) < 4.78 is 42.5. The fourth-order valence-electron chi connectivity index (χ4n) is 2.52. The Morgan fingerprint density at radius 3 is 2.38 bits per heavy atom. The van der Waals surface area contributed by atoms with Crippen molar-refractivity contribution in [3.63, 3.8) is 0 Å². The minimum atomic E-state index is -4.24. The van der Waals surface area contributed by atoms with Crippen LogP contribution in [-0.4, -0.2) is 25.5 Å². The minimum absolute atomic E-state index is 0.0467. The molecule has 152 valence electrons. The van der Waals surface area contributed by atoms with Crippen LogP contribution >= 0.6 is 11.6 Å². The van der Waals surface area contributed by atoms with E-state index in [0.717, 1.165) is 17.8 Å². The number of primary sulfonamides is 1. The smallest absolute Gasteiger partial charge is 0.241 e. The molecular weight excluding hydrogens is 421 g/mol. The van der Waals surface area contributed by atoms with E-state index in [2.05, 4.69) is 20.6 Å². The normalized spacial score (nSPS) is 11.3. The van der Waals surface area contributed by atoms with E-state index in [0.29, 0.717) is 22.2 Å². The molecule has 4 N–H and O–H groups in total. The summed E-state index contributed by atoms with van der Waals surface area (Å²) in [7, 11) is -2.81. The van der Waals surface area contributed by atoms with Gasteiger partial charge < -0.3 is 15.4 Å². The van der Waals surface area contributed by atoms with Gasteiger partial charge in [-0.15, -0.1) is 0 Å². The second kappa shape index (κ2) is 8.70. The Morgan fingerprint density at radius 1 is 1.10 bits per heavy atom. The van der Waals surface area contributed by atoms with E-state index >= 15 is 0 Å². The molecule has 29 heavy (non-hydrogen) atoms. The summed E-state index contributed by atoms with van der Waals surface area (Å²) >= 11 is 5.87. The zero-order chi connectivity index (χ0) is 21.0. The first kappa shape index (κ1) is 20.9. The van der Waals surface area contributed by atoms with Gasteiger partial charge in [-0.25, -0.2) is 27.9 Å². The molecule has 0 saturated heterocycles. The average molecular weight is 438 g/mol. The summed E-state index contributed by atoms with van der Waals surface area (Å²) in [5.41, 5.74) is 1.44. The molecule has 0 amide bonds. The molecule has 0 unspecified atom stereocenters. The van der Waals surface area contributed by atoms with E-state index < -0.39 is 20.7 Å². The van der Waals surface area contributed by atoms with Crippen LogP contribution < -0.4 is 15.8 Å². The van der Waals surface area contributed by atoms with Gasteiger partial charge in [0.05, 0.1) is 6.61 Å². The van der Waals surface area contributed by atoms with Crippen molar-refractivity contribution in [2.75, 3.05) is 17.7 Å². The van der Waals surface area contributed by atoms with Gasteiger partial charge in [0, 0.05) is 35.1 Å². The van der Waals surface area contributed by atoms with Crippen molar-refractivity contribution in [1.82, 2.24) is 9.97 Å². The molecule has 0 aliphatic rings. The summed E-state index contributed by atoms with van der Waals surface area (Å²) in [6.45, 7) is 0.0467. The lowest BCUT2D eigenvalue weighted by Gasteiger charge is -2.14. The van der Waals surface area contributed by atoms with Crippen molar-refractivity contribution in [2.24, 2.45) is 5.14 Å².